The van der Waals surface area contributed by atoms with Crippen LogP contribution in [0.1, 0.15) is 10.4 Å². The van der Waals surface area contributed by atoms with E-state index in [4.69, 9.17) is 16.7 Å². The number of benzene rings is 2. The quantitative estimate of drug-likeness (QED) is 0.691. The predicted molar refractivity (Wildman–Crippen MR) is 92.7 cm³/mol. The summed E-state index contributed by atoms with van der Waals surface area (Å²) in [5, 5.41) is 12.9. The lowest BCUT2D eigenvalue weighted by molar-refractivity contribution is 0.0697. The Morgan fingerprint density at radius 1 is 1.23 bits per heavy atom. The zero-order valence-corrected chi connectivity index (χ0v) is 14.5. The summed E-state index contributed by atoms with van der Waals surface area (Å²) in [4.78, 5) is 10.8. The molecular formula is C16H11ClFN3O4S. The molecule has 0 unspecified atom stereocenters. The van der Waals surface area contributed by atoms with Crippen molar-refractivity contribution in [3.05, 3.63) is 71.3 Å². The first-order chi connectivity index (χ1) is 12.3. The Morgan fingerprint density at radius 3 is 2.62 bits per heavy atom. The SMILES string of the molecule is O=C(O)c1cc(NS(=O)(=O)c2ccc(-n3cccn3)c(F)c2)ccc1Cl. The van der Waals surface area contributed by atoms with Gasteiger partial charge in [0.2, 0.25) is 0 Å². The lowest BCUT2D eigenvalue weighted by Gasteiger charge is -2.11. The van der Waals surface area contributed by atoms with Gasteiger partial charge >= 0.3 is 5.97 Å². The molecule has 1 aromatic heterocycles. The maximum absolute atomic E-state index is 14.3. The van der Waals surface area contributed by atoms with Gasteiger partial charge in [-0.1, -0.05) is 11.6 Å². The Morgan fingerprint density at radius 2 is 2.00 bits per heavy atom. The second-order valence-corrected chi connectivity index (χ2v) is 7.26. The summed E-state index contributed by atoms with van der Waals surface area (Å²) < 4.78 is 42.6. The number of rotatable bonds is 5. The fraction of sp³-hybridized carbons (Fsp3) is 0. The molecule has 2 aromatic carbocycles. The smallest absolute Gasteiger partial charge is 0.337 e. The number of sulfonamides is 1. The highest BCUT2D eigenvalue weighted by atomic mass is 35.5. The maximum atomic E-state index is 14.3. The normalized spacial score (nSPS) is 11.3. The van der Waals surface area contributed by atoms with Crippen LogP contribution >= 0.6 is 11.6 Å². The number of anilines is 1. The molecule has 0 saturated carbocycles. The third kappa shape index (κ3) is 3.53. The second kappa shape index (κ2) is 6.77. The fourth-order valence-electron chi connectivity index (χ4n) is 2.22. The molecule has 0 amide bonds. The largest absolute Gasteiger partial charge is 0.478 e. The van der Waals surface area contributed by atoms with Crippen LogP contribution in [-0.2, 0) is 10.0 Å². The van der Waals surface area contributed by atoms with Gasteiger partial charge in [-0.25, -0.2) is 22.3 Å². The van der Waals surface area contributed by atoms with E-state index in [0.717, 1.165) is 12.1 Å². The van der Waals surface area contributed by atoms with Crippen molar-refractivity contribution in [3.8, 4) is 5.69 Å². The number of aromatic nitrogens is 2. The van der Waals surface area contributed by atoms with E-state index in [0.29, 0.717) is 0 Å². The van der Waals surface area contributed by atoms with Crippen LogP contribution in [0.4, 0.5) is 10.1 Å². The lowest BCUT2D eigenvalue weighted by Crippen LogP contribution is -2.14. The minimum atomic E-state index is -4.13. The third-order valence-corrected chi connectivity index (χ3v) is 5.14. The van der Waals surface area contributed by atoms with Crippen LogP contribution in [0, 0.1) is 5.82 Å². The molecule has 7 nitrogen and oxygen atoms in total. The van der Waals surface area contributed by atoms with Gasteiger partial charge in [0.25, 0.3) is 10.0 Å². The van der Waals surface area contributed by atoms with Crippen LogP contribution in [0.5, 0.6) is 0 Å². The zero-order chi connectivity index (χ0) is 18.9. The molecule has 0 fully saturated rings. The van der Waals surface area contributed by atoms with E-state index in [9.17, 15) is 17.6 Å². The maximum Gasteiger partial charge on any atom is 0.337 e. The van der Waals surface area contributed by atoms with Crippen molar-refractivity contribution in [1.82, 2.24) is 9.78 Å². The van der Waals surface area contributed by atoms with Gasteiger partial charge in [-0.3, -0.25) is 4.72 Å². The summed E-state index contributed by atoms with van der Waals surface area (Å²) >= 11 is 5.75. The summed E-state index contributed by atoms with van der Waals surface area (Å²) in [6.45, 7) is 0. The summed E-state index contributed by atoms with van der Waals surface area (Å²) in [6.07, 6.45) is 2.98. The van der Waals surface area contributed by atoms with Crippen molar-refractivity contribution in [2.45, 2.75) is 4.90 Å². The highest BCUT2D eigenvalue weighted by Gasteiger charge is 2.19. The molecule has 26 heavy (non-hydrogen) atoms. The summed E-state index contributed by atoms with van der Waals surface area (Å²) in [7, 11) is -4.13. The average Bonchev–Trinajstić information content (AvgIpc) is 3.10. The topological polar surface area (TPSA) is 101 Å². The van der Waals surface area contributed by atoms with Crippen LogP contribution in [-0.4, -0.2) is 29.3 Å². The van der Waals surface area contributed by atoms with Gasteiger partial charge in [0.1, 0.15) is 11.5 Å². The van der Waals surface area contributed by atoms with E-state index < -0.39 is 21.8 Å². The Labute approximate surface area is 152 Å². The van der Waals surface area contributed by atoms with Crippen LogP contribution < -0.4 is 4.72 Å². The number of carboxylic acid groups (broad SMARTS) is 1. The fourth-order valence-corrected chi connectivity index (χ4v) is 3.48. The molecule has 1 heterocycles. The number of nitrogens with one attached hydrogen (secondary N) is 1. The summed E-state index contributed by atoms with van der Waals surface area (Å²) in [6, 6.07) is 8.60. The van der Waals surface area contributed by atoms with Crippen molar-refractivity contribution < 1.29 is 22.7 Å². The van der Waals surface area contributed by atoms with Crippen molar-refractivity contribution in [2.24, 2.45) is 0 Å². The minimum absolute atomic E-state index is 0.0108. The first kappa shape index (κ1) is 17.9. The number of aromatic carboxylic acids is 1. The monoisotopic (exact) mass is 395 g/mol. The first-order valence-corrected chi connectivity index (χ1v) is 8.99. The Kier molecular flexibility index (Phi) is 4.66. The van der Waals surface area contributed by atoms with Crippen LogP contribution in [0.25, 0.3) is 5.69 Å². The van der Waals surface area contributed by atoms with E-state index in [2.05, 4.69) is 9.82 Å². The molecule has 0 aliphatic rings. The number of nitrogens with zero attached hydrogens (tertiary/aromatic N) is 2. The third-order valence-electron chi connectivity index (χ3n) is 3.43. The molecule has 0 aliphatic heterocycles. The molecule has 2 N–H and O–H groups in total. The van der Waals surface area contributed by atoms with Gasteiger partial charge in [0.05, 0.1) is 15.5 Å². The van der Waals surface area contributed by atoms with Crippen molar-refractivity contribution in [2.75, 3.05) is 4.72 Å². The average molecular weight is 396 g/mol. The number of carboxylic acids is 1. The van der Waals surface area contributed by atoms with Crippen LogP contribution in [0.3, 0.4) is 0 Å². The zero-order valence-electron chi connectivity index (χ0n) is 12.9. The van der Waals surface area contributed by atoms with Gasteiger partial charge in [-0.05, 0) is 42.5 Å². The number of halogens is 2. The predicted octanol–water partition coefficient (Wildman–Crippen LogP) is 3.16. The van der Waals surface area contributed by atoms with Gasteiger partial charge in [-0.15, -0.1) is 0 Å². The van der Waals surface area contributed by atoms with E-state index in [1.165, 1.54) is 41.3 Å². The van der Waals surface area contributed by atoms with Crippen LogP contribution in [0.2, 0.25) is 5.02 Å². The molecule has 3 aromatic rings. The van der Waals surface area contributed by atoms with Crippen molar-refractivity contribution in [3.63, 3.8) is 0 Å². The molecule has 0 aliphatic carbocycles. The van der Waals surface area contributed by atoms with Gasteiger partial charge in [0.15, 0.2) is 0 Å². The van der Waals surface area contributed by atoms with E-state index in [1.807, 2.05) is 0 Å². The number of hydrogen-bond acceptors (Lipinski definition) is 4. The van der Waals surface area contributed by atoms with E-state index in [1.54, 1.807) is 6.07 Å². The first-order valence-electron chi connectivity index (χ1n) is 7.13. The molecule has 134 valence electrons. The summed E-state index contributed by atoms with van der Waals surface area (Å²) in [5.41, 5.74) is -0.177. The molecule has 0 atom stereocenters. The standard InChI is InChI=1S/C16H11ClFN3O4S/c17-13-4-2-10(8-12(13)16(22)23)20-26(24,25)11-3-5-15(14(18)9-11)21-7-1-6-19-21/h1-9,20H,(H,22,23). The molecule has 0 radical (unpaired) electrons. The van der Waals surface area contributed by atoms with Gasteiger partial charge in [-0.2, -0.15) is 5.10 Å². The molecule has 3 rings (SSSR count). The Balaban J connectivity index is 1.93. The lowest BCUT2D eigenvalue weighted by atomic mass is 10.2. The van der Waals surface area contributed by atoms with E-state index >= 15 is 0 Å². The van der Waals surface area contributed by atoms with E-state index in [-0.39, 0.29) is 26.9 Å². The number of hydrogen-bond donors (Lipinski definition) is 2. The molecule has 0 spiro atoms. The highest BCUT2D eigenvalue weighted by molar-refractivity contribution is 7.92. The Bertz CT molecular complexity index is 1080. The van der Waals surface area contributed by atoms with Crippen molar-refractivity contribution >= 4 is 33.3 Å². The molecular weight excluding hydrogens is 385 g/mol. The number of carbonyl (C=O) groups is 1. The molecule has 0 saturated heterocycles. The van der Waals surface area contributed by atoms with Gasteiger partial charge in [0, 0.05) is 18.1 Å². The molecule has 10 heteroatoms. The molecule has 0 bridgehead atoms. The summed E-state index contributed by atoms with van der Waals surface area (Å²) in [5.74, 6) is -2.08. The van der Waals surface area contributed by atoms with Gasteiger partial charge < -0.3 is 5.11 Å². The van der Waals surface area contributed by atoms with Crippen LogP contribution in [0.15, 0.2) is 59.8 Å². The minimum Gasteiger partial charge on any atom is -0.478 e. The van der Waals surface area contributed by atoms with Crippen molar-refractivity contribution in [1.29, 1.82) is 0 Å². The Hall–Kier alpha value is -2.91. The second-order valence-electron chi connectivity index (χ2n) is 5.17. The highest BCUT2D eigenvalue weighted by Crippen LogP contribution is 2.24.